The second-order valence-corrected chi connectivity index (χ2v) is 5.53. The van der Waals surface area contributed by atoms with Gasteiger partial charge in [0.2, 0.25) is 5.91 Å². The van der Waals surface area contributed by atoms with E-state index in [1.807, 2.05) is 6.92 Å². The van der Waals surface area contributed by atoms with Gasteiger partial charge in [-0.3, -0.25) is 14.0 Å². The third-order valence-corrected chi connectivity index (χ3v) is 3.78. The van der Waals surface area contributed by atoms with Gasteiger partial charge in [-0.25, -0.2) is 9.48 Å². The first-order chi connectivity index (χ1) is 12.0. The minimum Gasteiger partial charge on any atom is -0.355 e. The van der Waals surface area contributed by atoms with Crippen LogP contribution in [0.25, 0.3) is 5.65 Å². The van der Waals surface area contributed by atoms with Gasteiger partial charge >= 0.3 is 5.69 Å². The predicted octanol–water partition coefficient (Wildman–Crippen LogP) is 0.803. The lowest BCUT2D eigenvalue weighted by molar-refractivity contribution is -0.117. The summed E-state index contributed by atoms with van der Waals surface area (Å²) >= 11 is 0. The predicted molar refractivity (Wildman–Crippen MR) is 92.7 cm³/mol. The highest BCUT2D eigenvalue weighted by Gasteiger charge is 2.13. The Morgan fingerprint density at radius 3 is 2.72 bits per heavy atom. The molecule has 0 saturated carbocycles. The normalized spacial score (nSPS) is 10.6. The summed E-state index contributed by atoms with van der Waals surface area (Å²) in [7, 11) is 1.54. The lowest BCUT2D eigenvalue weighted by Crippen LogP contribution is -2.28. The Morgan fingerprint density at radius 1 is 1.20 bits per heavy atom. The topological polar surface area (TPSA) is 97.5 Å². The minimum atomic E-state index is -0.400. The van der Waals surface area contributed by atoms with Gasteiger partial charge in [0.25, 0.3) is 5.91 Å². The molecule has 0 aliphatic carbocycles. The zero-order valence-electron chi connectivity index (χ0n) is 13.8. The number of amides is 2. The van der Waals surface area contributed by atoms with Crippen LogP contribution < -0.4 is 16.3 Å². The highest BCUT2D eigenvalue weighted by molar-refractivity contribution is 5.97. The van der Waals surface area contributed by atoms with Gasteiger partial charge in [-0.05, 0) is 36.8 Å². The largest absolute Gasteiger partial charge is 0.355 e. The van der Waals surface area contributed by atoms with Crippen LogP contribution in [0.3, 0.4) is 0 Å². The first-order valence-electron chi connectivity index (χ1n) is 7.66. The Balaban J connectivity index is 1.81. The summed E-state index contributed by atoms with van der Waals surface area (Å²) in [5.74, 6) is -0.644. The molecule has 8 heteroatoms. The maximum Gasteiger partial charge on any atom is 0.350 e. The van der Waals surface area contributed by atoms with Crippen molar-refractivity contribution in [3.63, 3.8) is 0 Å². The molecule has 2 N–H and O–H groups in total. The van der Waals surface area contributed by atoms with Crippen LogP contribution in [0.2, 0.25) is 0 Å². The standard InChI is InChI=1S/C17H17N5O3/c1-11-6-7-12(16(24)18-2)9-13(11)19-15(23)10-22-17(25)21-8-4-3-5-14(21)20-22/h3-9H,10H2,1-2H3,(H,18,24)(H,19,23). The average molecular weight is 339 g/mol. The highest BCUT2D eigenvalue weighted by Crippen LogP contribution is 2.17. The number of nitrogens with zero attached hydrogens (tertiary/aromatic N) is 3. The van der Waals surface area contributed by atoms with E-state index >= 15 is 0 Å². The van der Waals surface area contributed by atoms with E-state index in [0.29, 0.717) is 16.9 Å². The van der Waals surface area contributed by atoms with Crippen LogP contribution in [0.1, 0.15) is 15.9 Å². The number of carbonyl (C=O) groups excluding carboxylic acids is 2. The van der Waals surface area contributed by atoms with Crippen molar-refractivity contribution in [2.75, 3.05) is 12.4 Å². The number of carbonyl (C=O) groups is 2. The van der Waals surface area contributed by atoms with Gasteiger partial charge in [0.05, 0.1) is 0 Å². The molecule has 0 aliphatic rings. The molecule has 1 aromatic carbocycles. The van der Waals surface area contributed by atoms with Gasteiger partial charge in [-0.15, -0.1) is 5.10 Å². The Kier molecular flexibility index (Phi) is 4.34. The second-order valence-electron chi connectivity index (χ2n) is 5.53. The van der Waals surface area contributed by atoms with Crippen LogP contribution in [0.5, 0.6) is 0 Å². The van der Waals surface area contributed by atoms with Crippen molar-refractivity contribution in [3.8, 4) is 0 Å². The molecular formula is C17H17N5O3. The lowest BCUT2D eigenvalue weighted by Gasteiger charge is -2.10. The molecule has 0 atom stereocenters. The van der Waals surface area contributed by atoms with Gasteiger partial charge < -0.3 is 10.6 Å². The Morgan fingerprint density at radius 2 is 2.00 bits per heavy atom. The van der Waals surface area contributed by atoms with Crippen molar-refractivity contribution in [2.45, 2.75) is 13.5 Å². The van der Waals surface area contributed by atoms with E-state index in [1.54, 1.807) is 42.6 Å². The van der Waals surface area contributed by atoms with Gasteiger partial charge in [-0.1, -0.05) is 12.1 Å². The van der Waals surface area contributed by atoms with Crippen molar-refractivity contribution in [1.29, 1.82) is 0 Å². The SMILES string of the molecule is CNC(=O)c1ccc(C)c(NC(=O)Cn2nc3ccccn3c2=O)c1. The van der Waals surface area contributed by atoms with Crippen molar-refractivity contribution < 1.29 is 9.59 Å². The van der Waals surface area contributed by atoms with E-state index in [-0.39, 0.29) is 18.1 Å². The number of hydrogen-bond acceptors (Lipinski definition) is 4. The quantitative estimate of drug-likeness (QED) is 0.735. The molecule has 2 heterocycles. The fourth-order valence-electron chi connectivity index (χ4n) is 2.44. The number of aromatic nitrogens is 3. The van der Waals surface area contributed by atoms with E-state index in [9.17, 15) is 14.4 Å². The van der Waals surface area contributed by atoms with Crippen LogP contribution >= 0.6 is 0 Å². The Bertz CT molecular complexity index is 1020. The van der Waals surface area contributed by atoms with Gasteiger partial charge in [0.1, 0.15) is 6.54 Å². The van der Waals surface area contributed by atoms with E-state index in [0.717, 1.165) is 10.2 Å². The van der Waals surface area contributed by atoms with Crippen LogP contribution in [0.15, 0.2) is 47.4 Å². The van der Waals surface area contributed by atoms with Crippen molar-refractivity contribution in [1.82, 2.24) is 19.5 Å². The average Bonchev–Trinajstić information content (AvgIpc) is 2.92. The Labute approximate surface area is 143 Å². The first-order valence-corrected chi connectivity index (χ1v) is 7.66. The third kappa shape index (κ3) is 3.27. The molecule has 2 aromatic heterocycles. The van der Waals surface area contributed by atoms with Gasteiger partial charge in [0, 0.05) is 24.5 Å². The maximum absolute atomic E-state index is 12.3. The summed E-state index contributed by atoms with van der Waals surface area (Å²) in [6, 6.07) is 10.2. The zero-order chi connectivity index (χ0) is 18.0. The van der Waals surface area contributed by atoms with Gasteiger partial charge in [0.15, 0.2) is 5.65 Å². The monoisotopic (exact) mass is 339 g/mol. The van der Waals surface area contributed by atoms with Crippen LogP contribution in [-0.4, -0.2) is 33.0 Å². The van der Waals surface area contributed by atoms with Crippen LogP contribution in [0, 0.1) is 6.92 Å². The number of anilines is 1. The summed E-state index contributed by atoms with van der Waals surface area (Å²) in [6.07, 6.45) is 1.59. The molecule has 0 aliphatic heterocycles. The molecule has 0 bridgehead atoms. The minimum absolute atomic E-state index is 0.218. The van der Waals surface area contributed by atoms with E-state index in [4.69, 9.17) is 0 Å². The van der Waals surface area contributed by atoms with Gasteiger partial charge in [-0.2, -0.15) is 0 Å². The molecule has 25 heavy (non-hydrogen) atoms. The highest BCUT2D eigenvalue weighted by atomic mass is 16.2. The number of rotatable bonds is 4. The fraction of sp³-hybridized carbons (Fsp3) is 0.176. The molecule has 0 spiro atoms. The van der Waals surface area contributed by atoms with E-state index < -0.39 is 5.91 Å². The fourth-order valence-corrected chi connectivity index (χ4v) is 2.44. The van der Waals surface area contributed by atoms with Crippen molar-refractivity contribution in [3.05, 3.63) is 64.2 Å². The number of pyridine rings is 1. The van der Waals surface area contributed by atoms with Crippen LogP contribution in [-0.2, 0) is 11.3 Å². The lowest BCUT2D eigenvalue weighted by atomic mass is 10.1. The molecule has 0 radical (unpaired) electrons. The summed E-state index contributed by atoms with van der Waals surface area (Å²) in [5, 5.41) is 9.37. The molecule has 3 aromatic rings. The molecule has 0 fully saturated rings. The summed E-state index contributed by atoms with van der Waals surface area (Å²) < 4.78 is 2.47. The molecule has 0 unspecified atom stereocenters. The molecule has 3 rings (SSSR count). The molecular weight excluding hydrogens is 322 g/mol. The zero-order valence-corrected chi connectivity index (χ0v) is 13.8. The van der Waals surface area contributed by atoms with Crippen molar-refractivity contribution in [2.24, 2.45) is 0 Å². The smallest absolute Gasteiger partial charge is 0.350 e. The first kappa shape index (κ1) is 16.4. The number of aryl methyl sites for hydroxylation is 1. The second kappa shape index (κ2) is 6.60. The molecule has 128 valence electrons. The van der Waals surface area contributed by atoms with Crippen LogP contribution in [0.4, 0.5) is 5.69 Å². The van der Waals surface area contributed by atoms with Crippen molar-refractivity contribution >= 4 is 23.1 Å². The number of fused-ring (bicyclic) bond motifs is 1. The van der Waals surface area contributed by atoms with E-state index in [2.05, 4.69) is 15.7 Å². The maximum atomic E-state index is 12.3. The third-order valence-electron chi connectivity index (χ3n) is 3.78. The summed E-state index contributed by atoms with van der Waals surface area (Å²) in [4.78, 5) is 36.2. The van der Waals surface area contributed by atoms with E-state index in [1.165, 1.54) is 11.4 Å². The number of nitrogens with one attached hydrogen (secondary N) is 2. The number of benzene rings is 1. The summed E-state index contributed by atoms with van der Waals surface area (Å²) in [5.41, 5.74) is 1.85. The molecule has 2 amide bonds. The molecule has 0 saturated heterocycles. The Hall–Kier alpha value is -3.42. The molecule has 8 nitrogen and oxygen atoms in total. The number of hydrogen-bond donors (Lipinski definition) is 2. The summed E-state index contributed by atoms with van der Waals surface area (Å²) in [6.45, 7) is 1.60.